The Balaban J connectivity index is 1.57. The lowest BCUT2D eigenvalue weighted by Crippen LogP contribution is -2.57. The highest BCUT2D eigenvalue weighted by Gasteiger charge is 2.33. The van der Waals surface area contributed by atoms with Crippen LogP contribution in [-0.2, 0) is 7.05 Å². The van der Waals surface area contributed by atoms with Crippen LogP contribution in [0.1, 0.15) is 13.8 Å². The van der Waals surface area contributed by atoms with E-state index in [-0.39, 0.29) is 23.5 Å². The molecule has 33 heavy (non-hydrogen) atoms. The second kappa shape index (κ2) is 7.85. The number of halogens is 1. The van der Waals surface area contributed by atoms with Gasteiger partial charge in [-0.3, -0.25) is 9.78 Å². The first-order valence-corrected chi connectivity index (χ1v) is 10.8. The molecule has 0 N–H and O–H groups in total. The molecular formula is C25H23FN6O. The van der Waals surface area contributed by atoms with E-state index in [1.54, 1.807) is 54.2 Å². The number of rotatable bonds is 2. The normalized spacial score (nSPS) is 18.6. The van der Waals surface area contributed by atoms with E-state index in [2.05, 4.69) is 38.5 Å². The van der Waals surface area contributed by atoms with E-state index in [9.17, 15) is 9.18 Å². The van der Waals surface area contributed by atoms with Crippen LogP contribution in [0.2, 0.25) is 0 Å². The summed E-state index contributed by atoms with van der Waals surface area (Å²) in [6.07, 6.45) is 1.68. The zero-order valence-corrected chi connectivity index (χ0v) is 18.7. The molecule has 0 aliphatic carbocycles. The minimum absolute atomic E-state index is 0.0405. The maximum atomic E-state index is 14.3. The average molecular weight is 442 g/mol. The maximum Gasteiger partial charge on any atom is 0.270 e. The van der Waals surface area contributed by atoms with Gasteiger partial charge in [-0.1, -0.05) is 6.57 Å². The summed E-state index contributed by atoms with van der Waals surface area (Å²) in [5.41, 5.74) is 3.50. The van der Waals surface area contributed by atoms with E-state index in [1.807, 2.05) is 0 Å². The van der Waals surface area contributed by atoms with Crippen molar-refractivity contribution in [2.45, 2.75) is 25.9 Å². The highest BCUT2D eigenvalue weighted by Crippen LogP contribution is 2.34. The standard InChI is InChI=1S/C25H23FN6O/c1-15-14-32(21-12-23(33)30(4)19-9-10-22(27-3)29-25(19)21)16(2)13-31(15)20-8-7-18(26)17-6-5-11-28-24(17)20/h5-12,15-16H,13-14H2,1-2,4H3/t15-,16+/m1/s1. The molecule has 0 amide bonds. The minimum atomic E-state index is -0.283. The predicted octanol–water partition coefficient (Wildman–Crippen LogP) is 4.28. The molecular weight excluding hydrogens is 419 g/mol. The number of fused-ring (bicyclic) bond motifs is 2. The van der Waals surface area contributed by atoms with Crippen LogP contribution in [0.5, 0.6) is 0 Å². The van der Waals surface area contributed by atoms with Crippen molar-refractivity contribution in [3.63, 3.8) is 0 Å². The van der Waals surface area contributed by atoms with Crippen LogP contribution >= 0.6 is 0 Å². The number of aromatic nitrogens is 3. The summed E-state index contributed by atoms with van der Waals surface area (Å²) in [7, 11) is 1.71. The Labute approximate surface area is 190 Å². The Morgan fingerprint density at radius 2 is 1.76 bits per heavy atom. The summed E-state index contributed by atoms with van der Waals surface area (Å²) in [6.45, 7) is 12.9. The van der Waals surface area contributed by atoms with E-state index in [4.69, 9.17) is 6.57 Å². The number of anilines is 2. The van der Waals surface area contributed by atoms with Gasteiger partial charge in [-0.2, -0.15) is 0 Å². The number of benzene rings is 1. The van der Waals surface area contributed by atoms with Gasteiger partial charge in [0.1, 0.15) is 5.82 Å². The fourth-order valence-corrected chi connectivity index (χ4v) is 4.74. The van der Waals surface area contributed by atoms with Crippen LogP contribution in [0.3, 0.4) is 0 Å². The highest BCUT2D eigenvalue weighted by atomic mass is 19.1. The molecule has 8 heteroatoms. The third kappa shape index (κ3) is 3.37. The first-order valence-electron chi connectivity index (χ1n) is 10.8. The van der Waals surface area contributed by atoms with Crippen LogP contribution in [0.4, 0.5) is 21.6 Å². The monoisotopic (exact) mass is 442 g/mol. The summed E-state index contributed by atoms with van der Waals surface area (Å²) in [5, 5.41) is 0.505. The largest absolute Gasteiger partial charge is 0.363 e. The number of aryl methyl sites for hydroxylation is 1. The van der Waals surface area contributed by atoms with Crippen molar-refractivity contribution >= 4 is 39.1 Å². The highest BCUT2D eigenvalue weighted by molar-refractivity contribution is 5.92. The van der Waals surface area contributed by atoms with Gasteiger partial charge in [0.15, 0.2) is 0 Å². The fourth-order valence-electron chi connectivity index (χ4n) is 4.74. The van der Waals surface area contributed by atoms with E-state index >= 15 is 0 Å². The van der Waals surface area contributed by atoms with Gasteiger partial charge in [-0.15, -0.1) is 4.98 Å². The van der Waals surface area contributed by atoms with Gasteiger partial charge in [0.2, 0.25) is 5.52 Å². The molecule has 1 fully saturated rings. The molecule has 4 aromatic rings. The van der Waals surface area contributed by atoms with E-state index in [0.717, 1.165) is 11.4 Å². The summed E-state index contributed by atoms with van der Waals surface area (Å²) >= 11 is 0. The SMILES string of the molecule is [C-]#[N+]c1ccc2c(n1)c(N1C[C@@H](C)N(c3ccc(F)c4cccnc34)C[C@@H]1C)cc(=O)n2C. The van der Waals surface area contributed by atoms with Crippen LogP contribution < -0.4 is 15.4 Å². The summed E-state index contributed by atoms with van der Waals surface area (Å²) in [6, 6.07) is 11.9. The summed E-state index contributed by atoms with van der Waals surface area (Å²) in [4.78, 5) is 29.6. The molecule has 3 aromatic heterocycles. The molecule has 1 aliphatic heterocycles. The van der Waals surface area contributed by atoms with Crippen LogP contribution in [0.25, 0.3) is 26.8 Å². The van der Waals surface area contributed by atoms with Gasteiger partial charge in [0, 0.05) is 49.9 Å². The average Bonchev–Trinajstić information content (AvgIpc) is 2.83. The summed E-state index contributed by atoms with van der Waals surface area (Å²) in [5.74, 6) is 0.0140. The second-order valence-electron chi connectivity index (χ2n) is 8.54. The lowest BCUT2D eigenvalue weighted by atomic mass is 10.0. The third-order valence-corrected chi connectivity index (χ3v) is 6.47. The van der Waals surface area contributed by atoms with Crippen molar-refractivity contribution < 1.29 is 4.39 Å². The van der Waals surface area contributed by atoms with Crippen molar-refractivity contribution in [2.75, 3.05) is 22.9 Å². The van der Waals surface area contributed by atoms with Crippen LogP contribution in [-0.4, -0.2) is 39.7 Å². The quantitative estimate of drug-likeness (QED) is 0.434. The Bertz CT molecular complexity index is 1490. The molecule has 5 rings (SSSR count). The molecule has 0 radical (unpaired) electrons. The van der Waals surface area contributed by atoms with Gasteiger partial charge in [0.25, 0.3) is 11.4 Å². The van der Waals surface area contributed by atoms with E-state index in [0.29, 0.717) is 40.8 Å². The van der Waals surface area contributed by atoms with Gasteiger partial charge >= 0.3 is 0 Å². The lowest BCUT2D eigenvalue weighted by Gasteiger charge is -2.46. The van der Waals surface area contributed by atoms with E-state index in [1.165, 1.54) is 6.07 Å². The molecule has 2 atom stereocenters. The molecule has 1 saturated heterocycles. The lowest BCUT2D eigenvalue weighted by molar-refractivity contribution is 0.482. The number of hydrogen-bond donors (Lipinski definition) is 0. The smallest absolute Gasteiger partial charge is 0.270 e. The molecule has 1 aromatic carbocycles. The van der Waals surface area contributed by atoms with Crippen LogP contribution in [0.15, 0.2) is 53.5 Å². The van der Waals surface area contributed by atoms with Crippen molar-refractivity contribution in [3.8, 4) is 0 Å². The number of hydrogen-bond acceptors (Lipinski definition) is 5. The number of nitrogens with zero attached hydrogens (tertiary/aromatic N) is 6. The molecule has 7 nitrogen and oxygen atoms in total. The maximum absolute atomic E-state index is 14.3. The molecule has 1 aliphatic rings. The van der Waals surface area contributed by atoms with Gasteiger partial charge in [-0.25, -0.2) is 4.39 Å². The predicted molar refractivity (Wildman–Crippen MR) is 129 cm³/mol. The zero-order chi connectivity index (χ0) is 23.3. The molecule has 0 unspecified atom stereocenters. The third-order valence-electron chi connectivity index (χ3n) is 6.47. The van der Waals surface area contributed by atoms with Crippen molar-refractivity contribution in [2.24, 2.45) is 7.05 Å². The summed E-state index contributed by atoms with van der Waals surface area (Å²) < 4.78 is 15.9. The first kappa shape index (κ1) is 20.9. The molecule has 0 bridgehead atoms. The topological polar surface area (TPSA) is 58.6 Å². The Morgan fingerprint density at radius 1 is 1.03 bits per heavy atom. The Kier molecular flexibility index (Phi) is 4.97. The Hall–Kier alpha value is -3.99. The van der Waals surface area contributed by atoms with Gasteiger partial charge < -0.3 is 19.2 Å². The second-order valence-corrected chi connectivity index (χ2v) is 8.54. The fraction of sp³-hybridized carbons (Fsp3) is 0.280. The van der Waals surface area contributed by atoms with E-state index < -0.39 is 0 Å². The van der Waals surface area contributed by atoms with Crippen molar-refractivity contribution in [3.05, 3.63) is 76.2 Å². The number of piperazine rings is 1. The van der Waals surface area contributed by atoms with Gasteiger partial charge in [-0.05, 0) is 50.2 Å². The van der Waals surface area contributed by atoms with Crippen molar-refractivity contribution in [1.29, 1.82) is 0 Å². The van der Waals surface area contributed by atoms with Crippen molar-refractivity contribution in [1.82, 2.24) is 14.5 Å². The first-order chi connectivity index (χ1) is 15.9. The zero-order valence-electron chi connectivity index (χ0n) is 18.7. The van der Waals surface area contributed by atoms with Crippen LogP contribution in [0, 0.1) is 12.4 Å². The Morgan fingerprint density at radius 3 is 2.48 bits per heavy atom. The number of pyridine rings is 3. The molecule has 0 spiro atoms. The molecule has 166 valence electrons. The van der Waals surface area contributed by atoms with Gasteiger partial charge in [0.05, 0.1) is 22.4 Å². The molecule has 4 heterocycles. The minimum Gasteiger partial charge on any atom is -0.363 e. The molecule has 0 saturated carbocycles.